The maximum Gasteiger partial charge on any atom is 0.472 e. The van der Waals surface area contributed by atoms with Crippen LogP contribution in [0.2, 0.25) is 0 Å². The summed E-state index contributed by atoms with van der Waals surface area (Å²) in [5.41, 5.74) is 3.96. The second kappa shape index (κ2) is 5.54. The van der Waals surface area contributed by atoms with Crippen molar-refractivity contribution >= 4 is 30.9 Å². The maximum atomic E-state index is 11.9. The number of nitrogens with two attached hydrogens (primary N) is 1. The van der Waals surface area contributed by atoms with E-state index in [0.29, 0.717) is 0 Å². The topological polar surface area (TPSA) is 218 Å². The molecule has 5 atom stereocenters. The van der Waals surface area contributed by atoms with Gasteiger partial charge in [0.25, 0.3) is 11.1 Å². The summed E-state index contributed by atoms with van der Waals surface area (Å²) < 4.78 is 27.2. The van der Waals surface area contributed by atoms with Gasteiger partial charge in [0.1, 0.15) is 18.3 Å². The van der Waals surface area contributed by atoms with Crippen molar-refractivity contribution in [1.82, 2.24) is 19.5 Å². The summed E-state index contributed by atoms with van der Waals surface area (Å²) in [5, 5.41) is 21.8. The number of aromatic nitrogens is 4. The third kappa shape index (κ3) is 2.49. The highest BCUT2D eigenvalue weighted by atomic mass is 31.2. The number of fused-ring (bicyclic) bond motifs is 2. The lowest BCUT2D eigenvalue weighted by atomic mass is 10.1. The molecule has 2 fully saturated rings. The van der Waals surface area contributed by atoms with E-state index in [1.165, 1.54) is 0 Å². The molecule has 0 saturated carbocycles. The number of hydrogen-bond donors (Lipinski definition) is 4. The summed E-state index contributed by atoms with van der Waals surface area (Å²) in [4.78, 5) is 41.3. The molecule has 4 rings (SSSR count). The molecule has 0 amide bonds. The number of phosphoric acid groups is 1. The minimum Gasteiger partial charge on any atom is -0.390 e. The van der Waals surface area contributed by atoms with Gasteiger partial charge < -0.3 is 30.6 Å². The monoisotopic (exact) mass is 390 g/mol. The maximum absolute atomic E-state index is 11.9. The Bertz CT molecular complexity index is 1020. The molecule has 0 aromatic carbocycles. The Kier molecular flexibility index (Phi) is 3.62. The molecule has 5 N–H and O–H groups in total. The van der Waals surface area contributed by atoms with E-state index in [0.717, 1.165) is 4.57 Å². The molecule has 4 heterocycles. The zero-order valence-corrected chi connectivity index (χ0v) is 13.5. The smallest absolute Gasteiger partial charge is 0.390 e. The molecular formula is C10H11N6O9P. The molecular weight excluding hydrogens is 379 g/mol. The Morgan fingerprint density at radius 1 is 1.46 bits per heavy atom. The molecule has 26 heavy (non-hydrogen) atoms. The second-order valence-corrected chi connectivity index (χ2v) is 6.96. The van der Waals surface area contributed by atoms with Gasteiger partial charge in [-0.3, -0.25) is 18.8 Å². The van der Waals surface area contributed by atoms with Gasteiger partial charge in [-0.1, -0.05) is 4.98 Å². The number of aliphatic hydroxyl groups excluding tert-OH is 1. The fourth-order valence-electron chi connectivity index (χ4n) is 2.90. The quantitative estimate of drug-likeness (QED) is 0.258. The number of hydrogen-bond acceptors (Lipinski definition) is 11. The van der Waals surface area contributed by atoms with Crippen LogP contribution in [-0.2, 0) is 18.3 Å². The van der Waals surface area contributed by atoms with Crippen LogP contribution in [0.4, 0.5) is 11.9 Å². The van der Waals surface area contributed by atoms with Crippen molar-refractivity contribution in [1.29, 1.82) is 0 Å². The molecule has 16 heteroatoms. The van der Waals surface area contributed by atoms with Gasteiger partial charge in [-0.2, -0.15) is 9.55 Å². The molecule has 0 spiro atoms. The van der Waals surface area contributed by atoms with Gasteiger partial charge in [-0.15, -0.1) is 0 Å². The average molecular weight is 390 g/mol. The van der Waals surface area contributed by atoms with Gasteiger partial charge in [-0.25, -0.2) is 4.57 Å². The van der Waals surface area contributed by atoms with Crippen LogP contribution in [0.5, 0.6) is 0 Å². The second-order valence-electron chi connectivity index (χ2n) is 5.55. The van der Waals surface area contributed by atoms with Crippen LogP contribution < -0.4 is 11.3 Å². The Balaban J connectivity index is 1.86. The van der Waals surface area contributed by atoms with Gasteiger partial charge in [0, 0.05) is 0 Å². The summed E-state index contributed by atoms with van der Waals surface area (Å²) >= 11 is 0. The van der Waals surface area contributed by atoms with Crippen molar-refractivity contribution in [3.63, 3.8) is 0 Å². The first-order chi connectivity index (χ1) is 12.2. The van der Waals surface area contributed by atoms with E-state index >= 15 is 0 Å². The summed E-state index contributed by atoms with van der Waals surface area (Å²) in [6.07, 6.45) is -5.37. The van der Waals surface area contributed by atoms with Crippen LogP contribution in [0.1, 0.15) is 6.23 Å². The highest BCUT2D eigenvalue weighted by molar-refractivity contribution is 7.47. The Labute approximate surface area is 142 Å². The first kappa shape index (κ1) is 17.0. The van der Waals surface area contributed by atoms with Crippen LogP contribution in [-0.4, -0.2) is 59.4 Å². The molecule has 2 aliphatic heterocycles. The summed E-state index contributed by atoms with van der Waals surface area (Å²) in [7, 11) is -4.38. The molecule has 0 radical (unpaired) electrons. The minimum absolute atomic E-state index is 0.297. The summed E-state index contributed by atoms with van der Waals surface area (Å²) in [6, 6.07) is 0. The SMILES string of the molecule is Nc1nc2c(nc([N+](=O)[O-])n2C2O[C@H]3COP(=O)(O)O[C@@H]3[C@@H]2O)c(=O)[nH]1. The molecule has 15 nitrogen and oxygen atoms in total. The van der Waals surface area contributed by atoms with Gasteiger partial charge >= 0.3 is 13.8 Å². The number of nitrogens with one attached hydrogen (secondary N) is 1. The molecule has 2 unspecified atom stereocenters. The van der Waals surface area contributed by atoms with E-state index in [-0.39, 0.29) is 23.7 Å². The molecule has 2 aromatic rings. The third-order valence-corrected chi connectivity index (χ3v) is 4.92. The van der Waals surface area contributed by atoms with Gasteiger partial charge in [0.05, 0.1) is 6.61 Å². The van der Waals surface area contributed by atoms with Crippen molar-refractivity contribution in [3.8, 4) is 0 Å². The predicted octanol–water partition coefficient (Wildman–Crippen LogP) is -1.62. The third-order valence-electron chi connectivity index (χ3n) is 3.93. The number of anilines is 1. The summed E-state index contributed by atoms with van der Waals surface area (Å²) in [6.45, 7) is -0.386. The van der Waals surface area contributed by atoms with Crippen molar-refractivity contribution in [2.24, 2.45) is 0 Å². The number of imidazole rings is 1. The Morgan fingerprint density at radius 2 is 2.19 bits per heavy atom. The number of nitrogens with zero attached hydrogens (tertiary/aromatic N) is 4. The first-order valence-electron chi connectivity index (χ1n) is 7.09. The molecule has 0 aliphatic carbocycles. The Morgan fingerprint density at radius 3 is 2.88 bits per heavy atom. The van der Waals surface area contributed by atoms with E-state index in [1.54, 1.807) is 0 Å². The summed E-state index contributed by atoms with van der Waals surface area (Å²) in [5.74, 6) is -1.16. The molecule has 0 bridgehead atoms. The van der Waals surface area contributed by atoms with E-state index in [1.807, 2.05) is 0 Å². The normalized spacial score (nSPS) is 34.1. The highest BCUT2D eigenvalue weighted by Gasteiger charge is 2.55. The highest BCUT2D eigenvalue weighted by Crippen LogP contribution is 2.52. The number of ether oxygens (including phenoxy) is 1. The van der Waals surface area contributed by atoms with Crippen molar-refractivity contribution in [2.75, 3.05) is 12.3 Å². The minimum atomic E-state index is -4.38. The van der Waals surface area contributed by atoms with E-state index in [4.69, 9.17) is 15.0 Å². The number of nitrogen functional groups attached to an aromatic ring is 1. The van der Waals surface area contributed by atoms with Crippen LogP contribution >= 0.6 is 7.82 Å². The average Bonchev–Trinajstić information content (AvgIpc) is 3.05. The zero-order valence-electron chi connectivity index (χ0n) is 12.6. The number of aliphatic hydroxyl groups is 1. The fraction of sp³-hybridized carbons (Fsp3) is 0.500. The Hall–Kier alpha value is -2.42. The van der Waals surface area contributed by atoms with E-state index in [9.17, 15) is 29.5 Å². The van der Waals surface area contributed by atoms with Crippen LogP contribution in [0.15, 0.2) is 4.79 Å². The van der Waals surface area contributed by atoms with Crippen molar-refractivity contribution in [3.05, 3.63) is 20.5 Å². The fourth-order valence-corrected chi connectivity index (χ4v) is 3.87. The number of aromatic amines is 1. The molecule has 140 valence electrons. The molecule has 2 aromatic heterocycles. The largest absolute Gasteiger partial charge is 0.472 e. The van der Waals surface area contributed by atoms with Crippen LogP contribution in [0.25, 0.3) is 11.2 Å². The van der Waals surface area contributed by atoms with Gasteiger partial charge in [0.2, 0.25) is 17.8 Å². The van der Waals surface area contributed by atoms with Gasteiger partial charge in [-0.05, 0) is 4.92 Å². The first-order valence-corrected chi connectivity index (χ1v) is 8.59. The number of H-pyrrole nitrogens is 1. The number of rotatable bonds is 2. The van der Waals surface area contributed by atoms with Crippen molar-refractivity contribution < 1.29 is 33.3 Å². The standard InChI is InChI=1S/C10H11N6O9P/c11-9-13-6-3(7(18)14-9)12-10(16(19)20)15(6)8-4(17)5-2(24-8)1-23-26(21,22)25-5/h2,4-5,8,17H,1H2,(H,21,22)(H3,11,13,14,18)/t2-,4-,5-,8?/m0/s1. The van der Waals surface area contributed by atoms with E-state index in [2.05, 4.69) is 19.5 Å². The molecule has 2 saturated heterocycles. The van der Waals surface area contributed by atoms with E-state index < -0.39 is 48.8 Å². The zero-order chi connectivity index (χ0) is 18.8. The lowest BCUT2D eigenvalue weighted by molar-refractivity contribution is -0.398. The van der Waals surface area contributed by atoms with Crippen LogP contribution in [0, 0.1) is 10.1 Å². The van der Waals surface area contributed by atoms with Crippen molar-refractivity contribution in [2.45, 2.75) is 24.5 Å². The lowest BCUT2D eigenvalue weighted by Crippen LogP contribution is -2.39. The predicted molar refractivity (Wildman–Crippen MR) is 79.8 cm³/mol. The van der Waals surface area contributed by atoms with Crippen LogP contribution in [0.3, 0.4) is 0 Å². The number of nitro groups is 1. The van der Waals surface area contributed by atoms with Gasteiger partial charge in [0.15, 0.2) is 0 Å². The molecule has 2 aliphatic rings. The lowest BCUT2D eigenvalue weighted by Gasteiger charge is -2.27. The number of phosphoric ester groups is 1.